The van der Waals surface area contributed by atoms with Gasteiger partial charge in [0.15, 0.2) is 0 Å². The first-order chi connectivity index (χ1) is 14.8. The summed E-state index contributed by atoms with van der Waals surface area (Å²) in [5.74, 6) is 0.571. The van der Waals surface area contributed by atoms with Crippen LogP contribution in [-0.4, -0.2) is 53.1 Å². The number of ether oxygens (including phenoxy) is 3. The minimum atomic E-state index is -3.40. The molecule has 0 saturated heterocycles. The van der Waals surface area contributed by atoms with Gasteiger partial charge in [-0.2, -0.15) is 0 Å². The van der Waals surface area contributed by atoms with E-state index >= 15 is 0 Å². The van der Waals surface area contributed by atoms with Crippen LogP contribution < -0.4 is 9.46 Å². The maximum Gasteiger partial charge on any atom is 0.331 e. The van der Waals surface area contributed by atoms with Gasteiger partial charge >= 0.3 is 5.97 Å². The largest absolute Gasteiger partial charge is 0.497 e. The van der Waals surface area contributed by atoms with Crippen molar-refractivity contribution < 1.29 is 27.4 Å². The summed E-state index contributed by atoms with van der Waals surface area (Å²) in [5, 5.41) is 0. The summed E-state index contributed by atoms with van der Waals surface area (Å²) in [4.78, 5) is 12.3. The van der Waals surface area contributed by atoms with Crippen LogP contribution in [0.15, 0.2) is 30.3 Å². The molecule has 1 rings (SSSR count). The molecule has 1 aromatic rings. The van der Waals surface area contributed by atoms with Gasteiger partial charge in [-0.3, -0.25) is 0 Å². The van der Waals surface area contributed by atoms with Gasteiger partial charge in [0.05, 0.1) is 19.5 Å². The van der Waals surface area contributed by atoms with Gasteiger partial charge in [-0.25, -0.2) is 17.9 Å². The standard InChI is InChI=1S/C23H37NO6S/c1-5-8-9-19(6-2)17-29-18-22(16-24-31(26,27)7-3)30-23(25)15-12-20-10-13-21(28-4)14-11-20/h10-15,19,22,24H,5-9,16-18H2,1-4H3. The molecule has 0 amide bonds. The van der Waals surface area contributed by atoms with Crippen LogP contribution in [0.2, 0.25) is 0 Å². The van der Waals surface area contributed by atoms with Gasteiger partial charge in [-0.1, -0.05) is 45.2 Å². The molecule has 0 aromatic heterocycles. The molecule has 176 valence electrons. The maximum absolute atomic E-state index is 12.3. The second-order valence-corrected chi connectivity index (χ2v) is 9.47. The number of nitrogens with one attached hydrogen (secondary N) is 1. The highest BCUT2D eigenvalue weighted by molar-refractivity contribution is 7.89. The van der Waals surface area contributed by atoms with Gasteiger partial charge in [0.2, 0.25) is 10.0 Å². The summed E-state index contributed by atoms with van der Waals surface area (Å²) in [6.45, 7) is 6.51. The highest BCUT2D eigenvalue weighted by Crippen LogP contribution is 2.14. The number of sulfonamides is 1. The highest BCUT2D eigenvalue weighted by Gasteiger charge is 2.18. The van der Waals surface area contributed by atoms with Crippen molar-refractivity contribution in [2.45, 2.75) is 52.6 Å². The number of esters is 1. The van der Waals surface area contributed by atoms with E-state index in [2.05, 4.69) is 18.6 Å². The Hall–Kier alpha value is -1.90. The van der Waals surface area contributed by atoms with Crippen molar-refractivity contribution in [1.82, 2.24) is 4.72 Å². The summed E-state index contributed by atoms with van der Waals surface area (Å²) in [7, 11) is -1.81. The van der Waals surface area contributed by atoms with Crippen LogP contribution in [0.25, 0.3) is 6.08 Å². The Labute approximate surface area is 187 Å². The van der Waals surface area contributed by atoms with Crippen molar-refractivity contribution in [3.8, 4) is 5.75 Å². The van der Waals surface area contributed by atoms with Crippen LogP contribution in [0.5, 0.6) is 5.75 Å². The average Bonchev–Trinajstić information content (AvgIpc) is 2.78. The Morgan fingerprint density at radius 3 is 2.42 bits per heavy atom. The lowest BCUT2D eigenvalue weighted by atomic mass is 10.0. The Morgan fingerprint density at radius 2 is 1.84 bits per heavy atom. The van der Waals surface area contributed by atoms with E-state index in [1.54, 1.807) is 32.2 Å². The molecule has 1 aromatic carbocycles. The monoisotopic (exact) mass is 455 g/mol. The Kier molecular flexibility index (Phi) is 13.1. The van der Waals surface area contributed by atoms with Gasteiger partial charge in [-0.15, -0.1) is 0 Å². The third-order valence-electron chi connectivity index (χ3n) is 4.92. The van der Waals surface area contributed by atoms with Crippen molar-refractivity contribution in [3.05, 3.63) is 35.9 Å². The lowest BCUT2D eigenvalue weighted by Gasteiger charge is -2.20. The number of hydrogen-bond acceptors (Lipinski definition) is 6. The summed E-state index contributed by atoms with van der Waals surface area (Å²) in [6, 6.07) is 7.23. The molecule has 2 atom stereocenters. The predicted octanol–water partition coefficient (Wildman–Crippen LogP) is 3.79. The van der Waals surface area contributed by atoms with Crippen LogP contribution in [0.4, 0.5) is 0 Å². The molecule has 1 N–H and O–H groups in total. The SMILES string of the molecule is CCCCC(CC)COCC(CNS(=O)(=O)CC)OC(=O)C=Cc1ccc(OC)cc1. The Balaban J connectivity index is 2.66. The van der Waals surface area contributed by atoms with Gasteiger partial charge in [0.1, 0.15) is 11.9 Å². The predicted molar refractivity (Wildman–Crippen MR) is 123 cm³/mol. The molecular weight excluding hydrogens is 418 g/mol. The van der Waals surface area contributed by atoms with Crippen LogP contribution in [0, 0.1) is 5.92 Å². The lowest BCUT2D eigenvalue weighted by molar-refractivity contribution is -0.145. The molecule has 0 fully saturated rings. The zero-order chi connectivity index (χ0) is 23.1. The van der Waals surface area contributed by atoms with Crippen molar-refractivity contribution in [2.24, 2.45) is 5.92 Å². The van der Waals surface area contributed by atoms with Gasteiger partial charge in [-0.05, 0) is 43.0 Å². The van der Waals surface area contributed by atoms with Crippen molar-refractivity contribution in [1.29, 1.82) is 0 Å². The first-order valence-electron chi connectivity index (χ1n) is 10.9. The summed E-state index contributed by atoms with van der Waals surface area (Å²) in [5.41, 5.74) is 0.818. The molecule has 0 aliphatic heterocycles. The molecule has 7 nitrogen and oxygen atoms in total. The molecule has 8 heteroatoms. The lowest BCUT2D eigenvalue weighted by Crippen LogP contribution is -2.38. The minimum absolute atomic E-state index is 0.0238. The molecule has 0 heterocycles. The molecule has 0 aliphatic carbocycles. The van der Waals surface area contributed by atoms with E-state index in [-0.39, 0.29) is 18.9 Å². The van der Waals surface area contributed by atoms with Gasteiger partial charge < -0.3 is 14.2 Å². The van der Waals surface area contributed by atoms with E-state index in [1.165, 1.54) is 6.08 Å². The molecular formula is C23H37NO6S. The fourth-order valence-electron chi connectivity index (χ4n) is 2.80. The molecule has 31 heavy (non-hydrogen) atoms. The third kappa shape index (κ3) is 11.9. The number of benzene rings is 1. The number of carbonyl (C=O) groups excluding carboxylic acids is 1. The number of unbranched alkanes of at least 4 members (excludes halogenated alkanes) is 1. The Morgan fingerprint density at radius 1 is 1.13 bits per heavy atom. The number of hydrogen-bond donors (Lipinski definition) is 1. The first kappa shape index (κ1) is 27.1. The van der Waals surface area contributed by atoms with E-state index in [0.29, 0.717) is 12.5 Å². The molecule has 0 aliphatic rings. The van der Waals surface area contributed by atoms with E-state index < -0.39 is 22.1 Å². The second kappa shape index (κ2) is 15.0. The maximum atomic E-state index is 12.3. The fraction of sp³-hybridized carbons (Fsp3) is 0.609. The second-order valence-electron chi connectivity index (χ2n) is 7.37. The minimum Gasteiger partial charge on any atom is -0.497 e. The number of rotatable bonds is 16. The third-order valence-corrected chi connectivity index (χ3v) is 6.29. The first-order valence-corrected chi connectivity index (χ1v) is 12.6. The topological polar surface area (TPSA) is 90.9 Å². The zero-order valence-corrected chi connectivity index (χ0v) is 19.9. The summed E-state index contributed by atoms with van der Waals surface area (Å²) in [6.07, 6.45) is 6.62. The summed E-state index contributed by atoms with van der Waals surface area (Å²) < 4.78 is 42.4. The molecule has 0 saturated carbocycles. The molecule has 0 bridgehead atoms. The number of methoxy groups -OCH3 is 1. The molecule has 0 radical (unpaired) electrons. The fourth-order valence-corrected chi connectivity index (χ4v) is 3.45. The Bertz CT molecular complexity index is 761. The summed E-state index contributed by atoms with van der Waals surface area (Å²) >= 11 is 0. The van der Waals surface area contributed by atoms with Crippen molar-refractivity contribution in [3.63, 3.8) is 0 Å². The van der Waals surface area contributed by atoms with Crippen molar-refractivity contribution >= 4 is 22.1 Å². The smallest absolute Gasteiger partial charge is 0.331 e. The van der Waals surface area contributed by atoms with Crippen LogP contribution in [-0.2, 0) is 24.3 Å². The van der Waals surface area contributed by atoms with Crippen LogP contribution >= 0.6 is 0 Å². The quantitative estimate of drug-likeness (QED) is 0.301. The van der Waals surface area contributed by atoms with Crippen LogP contribution in [0.3, 0.4) is 0 Å². The van der Waals surface area contributed by atoms with Gasteiger partial charge in [0.25, 0.3) is 0 Å². The van der Waals surface area contributed by atoms with Crippen LogP contribution in [0.1, 0.15) is 52.0 Å². The van der Waals surface area contributed by atoms with Gasteiger partial charge in [0, 0.05) is 19.2 Å². The van der Waals surface area contributed by atoms with Crippen molar-refractivity contribution in [2.75, 3.05) is 32.6 Å². The molecule has 0 spiro atoms. The zero-order valence-electron chi connectivity index (χ0n) is 19.1. The molecule has 2 unspecified atom stereocenters. The number of carbonyl (C=O) groups is 1. The highest BCUT2D eigenvalue weighted by atomic mass is 32.2. The van der Waals surface area contributed by atoms with E-state index in [9.17, 15) is 13.2 Å². The van der Waals surface area contributed by atoms with E-state index in [4.69, 9.17) is 14.2 Å². The normalized spacial score (nSPS) is 13.8. The average molecular weight is 456 g/mol. The van der Waals surface area contributed by atoms with E-state index in [0.717, 1.165) is 37.0 Å². The van der Waals surface area contributed by atoms with E-state index in [1.807, 2.05) is 12.1 Å².